The number of hydrogen-bond donors (Lipinski definition) is 4. The Kier molecular flexibility index (Phi) is 7.63. The van der Waals surface area contributed by atoms with Crippen LogP contribution in [0, 0.1) is 19.8 Å². The standard InChI is InChI=1S/C34H40N6O4/c1-20-3-6-30(21(2)13-20)44-19-25(41)16-36-27-7-10-35-33(42)31(27)32-37-28-14-23-18-40(34(43)26(23)15-29(28)38-32)24-8-11-39(12-9-24)17-22-4-5-22/h3,6-7,10,13-15,22,24-25,41H,4-5,8-9,11-12,16-19H2,1-2H3,(H,37,38)(H2,35,36,42)/t25-/m1/s1. The van der Waals surface area contributed by atoms with Crippen molar-refractivity contribution >= 4 is 22.6 Å². The molecule has 44 heavy (non-hydrogen) atoms. The maximum Gasteiger partial charge on any atom is 0.261 e. The van der Waals surface area contributed by atoms with E-state index in [1.54, 1.807) is 12.3 Å². The van der Waals surface area contributed by atoms with Crippen LogP contribution in [0.2, 0.25) is 0 Å². The number of nitrogens with zero attached hydrogens (tertiary/aromatic N) is 3. The summed E-state index contributed by atoms with van der Waals surface area (Å²) in [6, 6.07) is 11.8. The molecule has 1 atom stereocenters. The number of aryl methyl sites for hydroxylation is 2. The SMILES string of the molecule is Cc1ccc(OC[C@H](O)CNc2cc[nH]c(=O)c2-c2nc3cc4c(cc3[nH]2)CN(C2CCN(CC3CC3)CC2)C4=O)c(C)c1. The molecule has 4 heterocycles. The molecule has 1 amide bonds. The highest BCUT2D eigenvalue weighted by atomic mass is 16.5. The molecule has 0 spiro atoms. The van der Waals surface area contributed by atoms with Gasteiger partial charge >= 0.3 is 0 Å². The van der Waals surface area contributed by atoms with Crippen molar-refractivity contribution in [1.29, 1.82) is 0 Å². The van der Waals surface area contributed by atoms with Crippen molar-refractivity contribution in [3.63, 3.8) is 0 Å². The summed E-state index contributed by atoms with van der Waals surface area (Å²) in [5.74, 6) is 2.10. The molecule has 2 aliphatic heterocycles. The zero-order valence-electron chi connectivity index (χ0n) is 25.4. The van der Waals surface area contributed by atoms with Crippen LogP contribution in [0.3, 0.4) is 0 Å². The second kappa shape index (κ2) is 11.7. The van der Waals surface area contributed by atoms with E-state index < -0.39 is 6.10 Å². The van der Waals surface area contributed by atoms with E-state index in [-0.39, 0.29) is 30.7 Å². The normalized spacial score (nSPS) is 18.2. The molecule has 1 aliphatic carbocycles. The molecule has 4 aromatic rings. The Morgan fingerprint density at radius 3 is 2.68 bits per heavy atom. The van der Waals surface area contributed by atoms with Crippen molar-refractivity contribution < 1.29 is 14.6 Å². The maximum atomic E-state index is 13.5. The van der Waals surface area contributed by atoms with Gasteiger partial charge in [0.15, 0.2) is 0 Å². The molecule has 0 radical (unpaired) electrons. The molecule has 2 aromatic heterocycles. The summed E-state index contributed by atoms with van der Waals surface area (Å²) in [5.41, 5.74) is 5.85. The Hall–Kier alpha value is -4.15. The average molecular weight is 597 g/mol. The van der Waals surface area contributed by atoms with E-state index in [9.17, 15) is 14.7 Å². The first-order valence-corrected chi connectivity index (χ1v) is 15.7. The first-order valence-electron chi connectivity index (χ1n) is 15.7. The molecule has 1 saturated heterocycles. The molecule has 7 rings (SSSR count). The van der Waals surface area contributed by atoms with Crippen molar-refractivity contribution in [2.75, 3.05) is 38.1 Å². The number of H-pyrrole nitrogens is 2. The predicted molar refractivity (Wildman–Crippen MR) is 170 cm³/mol. The number of likely N-dealkylation sites (tertiary alicyclic amines) is 1. The van der Waals surface area contributed by atoms with Crippen molar-refractivity contribution in [3.8, 4) is 17.1 Å². The highest BCUT2D eigenvalue weighted by Crippen LogP contribution is 2.34. The second-order valence-electron chi connectivity index (χ2n) is 12.7. The number of aliphatic hydroxyl groups is 1. The van der Waals surface area contributed by atoms with Gasteiger partial charge in [-0.1, -0.05) is 17.7 Å². The molecule has 0 unspecified atom stereocenters. The molecule has 10 heteroatoms. The van der Waals surface area contributed by atoms with Gasteiger partial charge in [0.2, 0.25) is 0 Å². The van der Waals surface area contributed by atoms with Gasteiger partial charge in [-0.3, -0.25) is 9.59 Å². The first kappa shape index (κ1) is 28.6. The summed E-state index contributed by atoms with van der Waals surface area (Å²) in [6.45, 7) is 8.23. The van der Waals surface area contributed by atoms with Gasteiger partial charge in [-0.25, -0.2) is 4.98 Å². The van der Waals surface area contributed by atoms with Crippen molar-refractivity contribution in [1.82, 2.24) is 24.8 Å². The fraction of sp³-hybridized carbons (Fsp3) is 0.441. The molecule has 1 saturated carbocycles. The van der Waals surface area contributed by atoms with E-state index in [0.29, 0.717) is 34.7 Å². The highest BCUT2D eigenvalue weighted by Gasteiger charge is 2.36. The number of anilines is 1. The summed E-state index contributed by atoms with van der Waals surface area (Å²) in [4.78, 5) is 41.9. The van der Waals surface area contributed by atoms with Gasteiger partial charge in [0.25, 0.3) is 11.5 Å². The summed E-state index contributed by atoms with van der Waals surface area (Å²) in [7, 11) is 0. The number of carbonyl (C=O) groups excluding carboxylic acids is 1. The Balaban J connectivity index is 1.03. The third kappa shape index (κ3) is 5.84. The van der Waals surface area contributed by atoms with Crippen LogP contribution in [0.5, 0.6) is 5.75 Å². The summed E-state index contributed by atoms with van der Waals surface area (Å²) < 4.78 is 5.82. The average Bonchev–Trinajstić information content (AvgIpc) is 3.64. The van der Waals surface area contributed by atoms with Crippen LogP contribution < -0.4 is 15.6 Å². The number of nitrogens with one attached hydrogen (secondary N) is 3. The van der Waals surface area contributed by atoms with Crippen molar-refractivity contribution in [2.24, 2.45) is 5.92 Å². The molecular formula is C34H40N6O4. The lowest BCUT2D eigenvalue weighted by Gasteiger charge is -2.36. The molecule has 0 bridgehead atoms. The number of benzene rings is 2. The number of piperidine rings is 1. The number of carbonyl (C=O) groups is 1. The number of hydrogen-bond acceptors (Lipinski definition) is 7. The largest absolute Gasteiger partial charge is 0.491 e. The fourth-order valence-electron chi connectivity index (χ4n) is 6.63. The van der Waals surface area contributed by atoms with Crippen LogP contribution in [-0.4, -0.2) is 80.7 Å². The number of fused-ring (bicyclic) bond motifs is 2. The minimum absolute atomic E-state index is 0.0732. The van der Waals surface area contributed by atoms with Gasteiger partial charge in [-0.2, -0.15) is 0 Å². The third-order valence-electron chi connectivity index (χ3n) is 9.24. The minimum atomic E-state index is -0.805. The number of ether oxygens (including phenoxy) is 1. The number of aromatic amines is 2. The zero-order chi connectivity index (χ0) is 30.4. The van der Waals surface area contributed by atoms with Crippen LogP contribution in [0.15, 0.2) is 47.4 Å². The van der Waals surface area contributed by atoms with Crippen LogP contribution in [0.25, 0.3) is 22.4 Å². The number of aromatic nitrogens is 3. The molecule has 4 N–H and O–H groups in total. The topological polar surface area (TPSA) is 127 Å². The van der Waals surface area contributed by atoms with E-state index in [0.717, 1.165) is 59.8 Å². The molecule has 3 aliphatic rings. The van der Waals surface area contributed by atoms with Gasteiger partial charge in [0, 0.05) is 50.5 Å². The Bertz CT molecular complexity index is 1750. The molecule has 2 aromatic carbocycles. The first-order chi connectivity index (χ1) is 21.3. The predicted octanol–water partition coefficient (Wildman–Crippen LogP) is 4.22. The lowest BCUT2D eigenvalue weighted by Crippen LogP contribution is -2.45. The van der Waals surface area contributed by atoms with Crippen molar-refractivity contribution in [2.45, 2.75) is 58.2 Å². The smallest absolute Gasteiger partial charge is 0.261 e. The van der Waals surface area contributed by atoms with E-state index >= 15 is 0 Å². The van der Waals surface area contributed by atoms with E-state index in [1.165, 1.54) is 19.4 Å². The molecular weight excluding hydrogens is 556 g/mol. The number of aliphatic hydroxyl groups excluding tert-OH is 1. The molecule has 230 valence electrons. The van der Waals surface area contributed by atoms with Gasteiger partial charge in [-0.15, -0.1) is 0 Å². The summed E-state index contributed by atoms with van der Waals surface area (Å²) >= 11 is 0. The Labute approximate surface area is 256 Å². The number of imidazole rings is 1. The minimum Gasteiger partial charge on any atom is -0.491 e. The highest BCUT2D eigenvalue weighted by molar-refractivity contribution is 6.02. The van der Waals surface area contributed by atoms with Gasteiger partial charge in [0.05, 0.1) is 16.7 Å². The quantitative estimate of drug-likeness (QED) is 0.216. The summed E-state index contributed by atoms with van der Waals surface area (Å²) in [6.07, 6.45) is 5.53. The van der Waals surface area contributed by atoms with Crippen LogP contribution in [-0.2, 0) is 6.54 Å². The van der Waals surface area contributed by atoms with Gasteiger partial charge in [0.1, 0.15) is 29.8 Å². The number of pyridine rings is 1. The fourth-order valence-corrected chi connectivity index (χ4v) is 6.63. The van der Waals surface area contributed by atoms with Crippen LogP contribution in [0.1, 0.15) is 52.7 Å². The molecule has 10 nitrogen and oxygen atoms in total. The lowest BCUT2D eigenvalue weighted by atomic mass is 10.0. The van der Waals surface area contributed by atoms with E-state index in [1.807, 2.05) is 49.1 Å². The van der Waals surface area contributed by atoms with Crippen LogP contribution in [0.4, 0.5) is 5.69 Å². The van der Waals surface area contributed by atoms with E-state index in [2.05, 4.69) is 20.2 Å². The van der Waals surface area contributed by atoms with Gasteiger partial charge < -0.3 is 34.9 Å². The Morgan fingerprint density at radius 1 is 1.09 bits per heavy atom. The monoisotopic (exact) mass is 596 g/mol. The van der Waals surface area contributed by atoms with Gasteiger partial charge in [-0.05, 0) is 80.8 Å². The zero-order valence-corrected chi connectivity index (χ0v) is 25.4. The molecule has 2 fully saturated rings. The lowest BCUT2D eigenvalue weighted by molar-refractivity contribution is 0.0593. The Morgan fingerprint density at radius 2 is 1.91 bits per heavy atom. The van der Waals surface area contributed by atoms with Crippen molar-refractivity contribution in [3.05, 3.63) is 75.2 Å². The second-order valence-corrected chi connectivity index (χ2v) is 12.7. The van der Waals surface area contributed by atoms with E-state index in [4.69, 9.17) is 9.72 Å². The number of amides is 1. The number of rotatable bonds is 10. The summed E-state index contributed by atoms with van der Waals surface area (Å²) in [5, 5.41) is 13.8. The maximum absolute atomic E-state index is 13.5. The third-order valence-corrected chi connectivity index (χ3v) is 9.24. The van der Waals surface area contributed by atoms with Crippen LogP contribution >= 0.6 is 0 Å².